The van der Waals surface area contributed by atoms with E-state index in [1.54, 1.807) is 31.7 Å². The number of nitrogens with zero attached hydrogens (tertiary/aromatic N) is 4. The molecule has 0 spiro atoms. The van der Waals surface area contributed by atoms with E-state index in [1.165, 1.54) is 0 Å². The topological polar surface area (TPSA) is 181 Å². The van der Waals surface area contributed by atoms with Crippen LogP contribution in [0.3, 0.4) is 0 Å². The highest BCUT2D eigenvalue weighted by molar-refractivity contribution is 6.39. The maximum atomic E-state index is 13.0. The van der Waals surface area contributed by atoms with E-state index in [2.05, 4.69) is 0 Å². The van der Waals surface area contributed by atoms with Gasteiger partial charge in [0.1, 0.15) is 23.6 Å². The summed E-state index contributed by atoms with van der Waals surface area (Å²) in [4.78, 5) is 55.9. The first-order valence-electron chi connectivity index (χ1n) is 18.9. The average Bonchev–Trinajstić information content (AvgIpc) is 3.78. The summed E-state index contributed by atoms with van der Waals surface area (Å²) in [5, 5.41) is 40.2. The number of ether oxygens (including phenoxy) is 2. The molecule has 2 fully saturated rings. The van der Waals surface area contributed by atoms with Crippen LogP contribution in [0, 0.1) is 0 Å². The Kier molecular flexibility index (Phi) is 11.1. The van der Waals surface area contributed by atoms with E-state index in [0.717, 1.165) is 11.1 Å². The molecule has 4 aromatic carbocycles. The summed E-state index contributed by atoms with van der Waals surface area (Å²) in [6, 6.07) is 20.5. The van der Waals surface area contributed by atoms with Crippen molar-refractivity contribution < 1.29 is 49.1 Å². The van der Waals surface area contributed by atoms with Crippen LogP contribution in [0.1, 0.15) is 12.8 Å². The van der Waals surface area contributed by atoms with E-state index in [9.17, 15) is 39.6 Å². The predicted octanol–water partition coefficient (Wildman–Crippen LogP) is 4.48. The summed E-state index contributed by atoms with van der Waals surface area (Å²) in [5.41, 5.74) is 5.35. The lowest BCUT2D eigenvalue weighted by molar-refractivity contribution is -0.143. The minimum absolute atomic E-state index is 0.139. The van der Waals surface area contributed by atoms with E-state index in [1.807, 2.05) is 60.7 Å². The SMILES string of the molecule is O=C(O)[C@@H]1C[C@H](O)CN1CCN1C(=O)COc2cc(-c3cccc(-c4cccc(-c5ccc6c(c5)OCC(=O)N6CCN5C[C@@H](O)C[C@H]5C(=O)O)c4Cl)c3Cl)ccc21. The Hall–Kier alpha value is -5.22. The van der Waals surface area contributed by atoms with Gasteiger partial charge >= 0.3 is 11.9 Å². The van der Waals surface area contributed by atoms with E-state index in [0.29, 0.717) is 55.2 Å². The number of carboxylic acid groups (broad SMARTS) is 2. The van der Waals surface area contributed by atoms with Crippen molar-refractivity contribution in [2.45, 2.75) is 37.1 Å². The van der Waals surface area contributed by atoms with Crippen LogP contribution in [-0.4, -0.2) is 131 Å². The van der Waals surface area contributed by atoms with Crippen LogP contribution in [0.25, 0.3) is 33.4 Å². The second-order valence-electron chi connectivity index (χ2n) is 14.8. The van der Waals surface area contributed by atoms with Gasteiger partial charge < -0.3 is 39.7 Å². The molecule has 14 nitrogen and oxygen atoms in total. The van der Waals surface area contributed by atoms with Gasteiger partial charge in [-0.3, -0.25) is 29.0 Å². The van der Waals surface area contributed by atoms with Crippen molar-refractivity contribution in [2.24, 2.45) is 0 Å². The van der Waals surface area contributed by atoms with Crippen LogP contribution in [0.15, 0.2) is 72.8 Å². The molecule has 16 heteroatoms. The molecular weight excluding hydrogens is 791 g/mol. The molecule has 4 N–H and O–H groups in total. The third-order valence-corrected chi connectivity index (χ3v) is 12.1. The minimum atomic E-state index is -1.01. The van der Waals surface area contributed by atoms with E-state index >= 15 is 0 Å². The molecule has 4 atom stereocenters. The number of aliphatic hydroxyl groups excluding tert-OH is 2. The lowest BCUT2D eigenvalue weighted by Crippen LogP contribution is -2.45. The third kappa shape index (κ3) is 7.59. The largest absolute Gasteiger partial charge is 0.482 e. The van der Waals surface area contributed by atoms with Gasteiger partial charge in [0.05, 0.1) is 33.6 Å². The summed E-state index contributed by atoms with van der Waals surface area (Å²) in [6.45, 7) is 1.06. The fraction of sp³-hybridized carbons (Fsp3) is 0.333. The highest BCUT2D eigenvalue weighted by atomic mass is 35.5. The van der Waals surface area contributed by atoms with Crippen LogP contribution in [-0.2, 0) is 19.2 Å². The zero-order chi connectivity index (χ0) is 40.8. The molecule has 4 aliphatic rings. The van der Waals surface area contributed by atoms with Crippen molar-refractivity contribution in [3.05, 3.63) is 82.8 Å². The maximum Gasteiger partial charge on any atom is 0.321 e. The zero-order valence-corrected chi connectivity index (χ0v) is 32.6. The van der Waals surface area contributed by atoms with Crippen molar-refractivity contribution in [2.75, 3.05) is 62.3 Å². The van der Waals surface area contributed by atoms with E-state index in [-0.39, 0.29) is 77.1 Å². The van der Waals surface area contributed by atoms with Gasteiger partial charge in [0, 0.05) is 74.4 Å². The van der Waals surface area contributed by atoms with Crippen LogP contribution in [0.4, 0.5) is 11.4 Å². The van der Waals surface area contributed by atoms with Crippen LogP contribution < -0.4 is 19.3 Å². The Balaban J connectivity index is 1.02. The summed E-state index contributed by atoms with van der Waals surface area (Å²) in [6.07, 6.45) is -1.20. The van der Waals surface area contributed by atoms with Crippen LogP contribution in [0.2, 0.25) is 10.0 Å². The summed E-state index contributed by atoms with van der Waals surface area (Å²) < 4.78 is 11.7. The normalized spacial score (nSPS) is 22.1. The van der Waals surface area contributed by atoms with Crippen molar-refractivity contribution in [3.63, 3.8) is 0 Å². The van der Waals surface area contributed by atoms with E-state index < -0.39 is 36.2 Å². The van der Waals surface area contributed by atoms with Crippen molar-refractivity contribution >= 4 is 58.3 Å². The number of β-amino-alcohol motifs (C(OH)–C–C–N with tert-alkyl or cyclic N) is 2. The number of hydrogen-bond donors (Lipinski definition) is 4. The highest BCUT2D eigenvalue weighted by Crippen LogP contribution is 2.45. The second-order valence-corrected chi connectivity index (χ2v) is 15.6. The third-order valence-electron chi connectivity index (χ3n) is 11.3. The number of aliphatic hydroxyl groups is 2. The molecule has 0 bridgehead atoms. The Morgan fingerprint density at radius 2 is 1.00 bits per heavy atom. The summed E-state index contributed by atoms with van der Waals surface area (Å²) >= 11 is 14.3. The molecule has 0 radical (unpaired) electrons. The number of rotatable bonds is 11. The Morgan fingerprint density at radius 3 is 1.40 bits per heavy atom. The number of amides is 2. The molecule has 302 valence electrons. The van der Waals surface area contributed by atoms with Gasteiger partial charge in [0.25, 0.3) is 11.8 Å². The highest BCUT2D eigenvalue weighted by Gasteiger charge is 2.38. The van der Waals surface area contributed by atoms with Gasteiger partial charge in [0.2, 0.25) is 0 Å². The number of aliphatic carboxylic acids is 2. The van der Waals surface area contributed by atoms with Crippen molar-refractivity contribution in [1.82, 2.24) is 9.80 Å². The minimum Gasteiger partial charge on any atom is -0.482 e. The monoisotopic (exact) mass is 830 g/mol. The molecule has 2 saturated heterocycles. The molecule has 2 amide bonds. The fourth-order valence-corrected chi connectivity index (χ4v) is 9.06. The fourth-order valence-electron chi connectivity index (χ4n) is 8.38. The average molecular weight is 832 g/mol. The molecular formula is C42H40Cl2N4O10. The Morgan fingerprint density at radius 1 is 0.603 bits per heavy atom. The quantitative estimate of drug-likeness (QED) is 0.167. The molecule has 4 heterocycles. The number of anilines is 2. The van der Waals surface area contributed by atoms with Crippen molar-refractivity contribution in [3.8, 4) is 44.9 Å². The first-order chi connectivity index (χ1) is 27.9. The molecule has 0 saturated carbocycles. The predicted molar refractivity (Wildman–Crippen MR) is 216 cm³/mol. The summed E-state index contributed by atoms with van der Waals surface area (Å²) in [5.74, 6) is -1.57. The Labute approximate surface area is 343 Å². The number of benzene rings is 4. The summed E-state index contributed by atoms with van der Waals surface area (Å²) in [7, 11) is 0. The van der Waals surface area contributed by atoms with Gasteiger partial charge in [0.15, 0.2) is 13.2 Å². The molecule has 58 heavy (non-hydrogen) atoms. The van der Waals surface area contributed by atoms with Gasteiger partial charge in [-0.25, -0.2) is 0 Å². The number of likely N-dealkylation sites (tertiary alicyclic amines) is 2. The smallest absolute Gasteiger partial charge is 0.321 e. The number of fused-ring (bicyclic) bond motifs is 2. The standard InChI is InChI=1S/C42H40Cl2N4O10/c43-39-27(23-7-9-31-35(15-23)57-21-37(51)47(31)13-11-45-19-25(49)17-33(45)41(53)54)3-1-5-29(39)30-6-2-4-28(40(30)44)24-8-10-32-36(16-24)58-22-38(52)48(32)14-12-46-20-26(50)18-34(46)42(55)56/h1-10,15-16,25-26,33-34,49-50H,11-14,17-22H2,(H,53,54)(H,55,56)/t25-,26-,33-,34-/m0/s1. The van der Waals surface area contributed by atoms with Gasteiger partial charge in [-0.2, -0.15) is 0 Å². The lowest BCUT2D eigenvalue weighted by Gasteiger charge is -2.32. The molecule has 0 aromatic heterocycles. The van der Waals surface area contributed by atoms with Gasteiger partial charge in [-0.15, -0.1) is 0 Å². The number of carboxylic acids is 2. The van der Waals surface area contributed by atoms with Gasteiger partial charge in [-0.05, 0) is 35.4 Å². The number of halogens is 2. The molecule has 4 aromatic rings. The number of hydrogen-bond acceptors (Lipinski definition) is 10. The number of carbonyl (C=O) groups excluding carboxylic acids is 2. The second kappa shape index (κ2) is 16.2. The maximum absolute atomic E-state index is 13.0. The first-order valence-corrected chi connectivity index (χ1v) is 19.7. The van der Waals surface area contributed by atoms with Crippen LogP contribution in [0.5, 0.6) is 11.5 Å². The number of carbonyl (C=O) groups is 4. The molecule has 0 unspecified atom stereocenters. The van der Waals surface area contributed by atoms with Crippen LogP contribution >= 0.6 is 23.2 Å². The Bertz CT molecular complexity index is 2150. The zero-order valence-electron chi connectivity index (χ0n) is 31.1. The van der Waals surface area contributed by atoms with E-state index in [4.69, 9.17) is 32.7 Å². The van der Waals surface area contributed by atoms with Crippen molar-refractivity contribution in [1.29, 1.82) is 0 Å². The molecule has 0 aliphatic carbocycles. The molecule has 4 aliphatic heterocycles. The van der Waals surface area contributed by atoms with Gasteiger partial charge in [-0.1, -0.05) is 71.7 Å². The first kappa shape index (κ1) is 39.6. The lowest BCUT2D eigenvalue weighted by atomic mass is 9.95. The molecule has 8 rings (SSSR count).